The molecule has 0 amide bonds. The lowest BCUT2D eigenvalue weighted by atomic mass is 10.1. The molecule has 1 heterocycles. The molecule has 1 aliphatic rings. The van der Waals surface area contributed by atoms with E-state index >= 15 is 0 Å². The molecular formula is C15H23N3O2. The van der Waals surface area contributed by atoms with E-state index in [1.165, 1.54) is 0 Å². The monoisotopic (exact) mass is 277 g/mol. The van der Waals surface area contributed by atoms with Crippen molar-refractivity contribution < 1.29 is 4.92 Å². The third kappa shape index (κ3) is 3.48. The molecule has 0 spiro atoms. The minimum Gasteiger partial charge on any atom is -0.369 e. The lowest BCUT2D eigenvalue weighted by Crippen LogP contribution is -2.47. The fourth-order valence-electron chi connectivity index (χ4n) is 2.74. The summed E-state index contributed by atoms with van der Waals surface area (Å²) in [5.41, 5.74) is 2.28. The second-order valence-electron chi connectivity index (χ2n) is 5.91. The first-order chi connectivity index (χ1) is 9.47. The van der Waals surface area contributed by atoms with Crippen molar-refractivity contribution >= 4 is 11.4 Å². The van der Waals surface area contributed by atoms with E-state index in [4.69, 9.17) is 0 Å². The van der Waals surface area contributed by atoms with Gasteiger partial charge < -0.3 is 4.90 Å². The third-order valence-corrected chi connectivity index (χ3v) is 3.74. The molecule has 0 saturated carbocycles. The van der Waals surface area contributed by atoms with E-state index in [1.807, 2.05) is 13.0 Å². The summed E-state index contributed by atoms with van der Waals surface area (Å²) in [6, 6.07) is 5.12. The van der Waals surface area contributed by atoms with E-state index in [0.717, 1.165) is 44.0 Å². The molecule has 20 heavy (non-hydrogen) atoms. The smallest absolute Gasteiger partial charge is 0.271 e. The van der Waals surface area contributed by atoms with Gasteiger partial charge in [0, 0.05) is 50.5 Å². The zero-order chi connectivity index (χ0) is 14.7. The van der Waals surface area contributed by atoms with Gasteiger partial charge in [0.25, 0.3) is 5.69 Å². The number of benzene rings is 1. The summed E-state index contributed by atoms with van der Waals surface area (Å²) < 4.78 is 0. The highest BCUT2D eigenvalue weighted by molar-refractivity contribution is 5.59. The summed E-state index contributed by atoms with van der Waals surface area (Å²) in [6.07, 6.45) is 0. The molecule has 110 valence electrons. The molecule has 5 nitrogen and oxygen atoms in total. The van der Waals surface area contributed by atoms with Gasteiger partial charge in [-0.2, -0.15) is 0 Å². The first-order valence-corrected chi connectivity index (χ1v) is 7.19. The molecule has 1 fully saturated rings. The second kappa shape index (κ2) is 6.22. The van der Waals surface area contributed by atoms with Crippen LogP contribution in [0.25, 0.3) is 0 Å². The van der Waals surface area contributed by atoms with Gasteiger partial charge in [0.1, 0.15) is 0 Å². The van der Waals surface area contributed by atoms with Gasteiger partial charge in [0.15, 0.2) is 0 Å². The van der Waals surface area contributed by atoms with E-state index in [1.54, 1.807) is 12.1 Å². The number of hydrogen-bond acceptors (Lipinski definition) is 4. The van der Waals surface area contributed by atoms with Gasteiger partial charge in [0.2, 0.25) is 0 Å². The Bertz CT molecular complexity index is 480. The molecule has 1 saturated heterocycles. The van der Waals surface area contributed by atoms with Crippen LogP contribution in [-0.4, -0.2) is 42.5 Å². The largest absolute Gasteiger partial charge is 0.369 e. The Labute approximate surface area is 120 Å². The molecular weight excluding hydrogens is 254 g/mol. The zero-order valence-electron chi connectivity index (χ0n) is 12.5. The minimum absolute atomic E-state index is 0.176. The molecule has 5 heteroatoms. The number of piperazine rings is 1. The Kier molecular flexibility index (Phi) is 4.60. The van der Waals surface area contributed by atoms with Crippen molar-refractivity contribution in [3.8, 4) is 0 Å². The van der Waals surface area contributed by atoms with Crippen LogP contribution in [0.4, 0.5) is 11.4 Å². The normalized spacial score (nSPS) is 16.7. The molecule has 0 atom stereocenters. The van der Waals surface area contributed by atoms with E-state index in [2.05, 4.69) is 23.6 Å². The Morgan fingerprint density at radius 2 is 1.90 bits per heavy atom. The molecule has 0 N–H and O–H groups in total. The van der Waals surface area contributed by atoms with Crippen molar-refractivity contribution in [1.29, 1.82) is 0 Å². The van der Waals surface area contributed by atoms with Crippen LogP contribution in [0.1, 0.15) is 19.4 Å². The number of nitro benzene ring substituents is 1. The average molecular weight is 277 g/mol. The van der Waals surface area contributed by atoms with Crippen LogP contribution in [0.3, 0.4) is 0 Å². The maximum Gasteiger partial charge on any atom is 0.271 e. The Morgan fingerprint density at radius 1 is 1.25 bits per heavy atom. The van der Waals surface area contributed by atoms with Crippen LogP contribution in [0.2, 0.25) is 0 Å². The van der Waals surface area contributed by atoms with Crippen LogP contribution in [0, 0.1) is 23.0 Å². The summed E-state index contributed by atoms with van der Waals surface area (Å²) in [5.74, 6) is 0.682. The predicted molar refractivity (Wildman–Crippen MR) is 81.3 cm³/mol. The third-order valence-electron chi connectivity index (χ3n) is 3.74. The van der Waals surface area contributed by atoms with E-state index in [0.29, 0.717) is 5.92 Å². The van der Waals surface area contributed by atoms with Crippen LogP contribution in [0.15, 0.2) is 18.2 Å². The van der Waals surface area contributed by atoms with Gasteiger partial charge in [-0.1, -0.05) is 19.9 Å². The number of aryl methyl sites for hydroxylation is 1. The van der Waals surface area contributed by atoms with E-state index in [9.17, 15) is 10.1 Å². The topological polar surface area (TPSA) is 49.6 Å². The SMILES string of the molecule is Cc1ccc([N+](=O)[O-])cc1N1CCN(CC(C)C)CC1. The Balaban J connectivity index is 2.06. The van der Waals surface area contributed by atoms with Gasteiger partial charge >= 0.3 is 0 Å². The second-order valence-corrected chi connectivity index (χ2v) is 5.91. The standard InChI is InChI=1S/C15H23N3O2/c1-12(2)11-16-6-8-17(9-7-16)15-10-14(18(19)20)5-4-13(15)3/h4-5,10,12H,6-9,11H2,1-3H3. The zero-order valence-corrected chi connectivity index (χ0v) is 12.5. The summed E-state index contributed by atoms with van der Waals surface area (Å²) in [7, 11) is 0. The van der Waals surface area contributed by atoms with Gasteiger partial charge in [-0.25, -0.2) is 0 Å². The molecule has 0 unspecified atom stereocenters. The first-order valence-electron chi connectivity index (χ1n) is 7.19. The minimum atomic E-state index is -0.321. The number of hydrogen-bond donors (Lipinski definition) is 0. The van der Waals surface area contributed by atoms with Crippen molar-refractivity contribution in [3.63, 3.8) is 0 Å². The fraction of sp³-hybridized carbons (Fsp3) is 0.600. The molecule has 0 aromatic heterocycles. The summed E-state index contributed by atoms with van der Waals surface area (Å²) in [4.78, 5) is 15.3. The average Bonchev–Trinajstić information content (AvgIpc) is 2.39. The summed E-state index contributed by atoms with van der Waals surface area (Å²) in [6.45, 7) is 11.5. The van der Waals surface area contributed by atoms with Gasteiger partial charge in [0.05, 0.1) is 4.92 Å². The van der Waals surface area contributed by atoms with Crippen molar-refractivity contribution in [2.24, 2.45) is 5.92 Å². The van der Waals surface area contributed by atoms with Crippen LogP contribution >= 0.6 is 0 Å². The fourth-order valence-corrected chi connectivity index (χ4v) is 2.74. The number of anilines is 1. The van der Waals surface area contributed by atoms with E-state index in [-0.39, 0.29) is 10.6 Å². The van der Waals surface area contributed by atoms with Crippen LogP contribution < -0.4 is 4.90 Å². The summed E-state index contributed by atoms with van der Waals surface area (Å²) >= 11 is 0. The number of rotatable bonds is 4. The molecule has 0 aliphatic carbocycles. The first kappa shape index (κ1) is 14.8. The van der Waals surface area contributed by atoms with Crippen molar-refractivity contribution in [3.05, 3.63) is 33.9 Å². The van der Waals surface area contributed by atoms with Gasteiger partial charge in [-0.15, -0.1) is 0 Å². The molecule has 0 bridgehead atoms. The Hall–Kier alpha value is -1.62. The molecule has 1 aromatic rings. The number of nitro groups is 1. The number of nitrogens with zero attached hydrogens (tertiary/aromatic N) is 3. The molecule has 2 rings (SSSR count). The van der Waals surface area contributed by atoms with Crippen molar-refractivity contribution in [1.82, 2.24) is 4.90 Å². The molecule has 0 radical (unpaired) electrons. The summed E-state index contributed by atoms with van der Waals surface area (Å²) in [5, 5.41) is 10.9. The van der Waals surface area contributed by atoms with E-state index < -0.39 is 0 Å². The van der Waals surface area contributed by atoms with Gasteiger partial charge in [-0.05, 0) is 18.4 Å². The molecule has 1 aromatic carbocycles. The van der Waals surface area contributed by atoms with Crippen LogP contribution in [-0.2, 0) is 0 Å². The van der Waals surface area contributed by atoms with Gasteiger partial charge in [-0.3, -0.25) is 15.0 Å². The maximum absolute atomic E-state index is 10.9. The predicted octanol–water partition coefficient (Wildman–Crippen LogP) is 2.68. The Morgan fingerprint density at radius 3 is 2.45 bits per heavy atom. The highest BCUT2D eigenvalue weighted by Crippen LogP contribution is 2.26. The lowest BCUT2D eigenvalue weighted by molar-refractivity contribution is -0.384. The van der Waals surface area contributed by atoms with Crippen molar-refractivity contribution in [2.45, 2.75) is 20.8 Å². The lowest BCUT2D eigenvalue weighted by Gasteiger charge is -2.37. The van der Waals surface area contributed by atoms with Crippen LogP contribution in [0.5, 0.6) is 0 Å². The molecule has 1 aliphatic heterocycles. The quantitative estimate of drug-likeness (QED) is 0.627. The highest BCUT2D eigenvalue weighted by Gasteiger charge is 2.20. The van der Waals surface area contributed by atoms with Crippen molar-refractivity contribution in [2.75, 3.05) is 37.6 Å². The number of non-ortho nitro benzene ring substituents is 1. The maximum atomic E-state index is 10.9. The highest BCUT2D eigenvalue weighted by atomic mass is 16.6.